The van der Waals surface area contributed by atoms with Gasteiger partial charge in [-0.25, -0.2) is 0 Å². The number of amides is 2. The number of likely N-dealkylation sites (N-methyl/N-ethyl adjacent to an activating group) is 1. The van der Waals surface area contributed by atoms with Crippen molar-refractivity contribution in [1.29, 1.82) is 0 Å². The van der Waals surface area contributed by atoms with Crippen LogP contribution in [0.2, 0.25) is 0 Å². The summed E-state index contributed by atoms with van der Waals surface area (Å²) in [6.07, 6.45) is 8.93. The summed E-state index contributed by atoms with van der Waals surface area (Å²) in [5, 5.41) is 21.3. The van der Waals surface area contributed by atoms with Crippen LogP contribution in [0.4, 0.5) is 0 Å². The molecule has 8 unspecified atom stereocenters. The monoisotopic (exact) mass is 664 g/mol. The van der Waals surface area contributed by atoms with Gasteiger partial charge in [-0.05, 0) is 90.1 Å². The highest BCUT2D eigenvalue weighted by atomic mass is 16.5. The summed E-state index contributed by atoms with van der Waals surface area (Å²) in [5.74, 6) is 1.44. The molecule has 3 aliphatic heterocycles. The van der Waals surface area contributed by atoms with E-state index in [1.165, 1.54) is 6.42 Å². The highest BCUT2D eigenvalue weighted by molar-refractivity contribution is 5.79. The average Bonchev–Trinajstić information content (AvgIpc) is 3.49. The predicted octanol–water partition coefficient (Wildman–Crippen LogP) is 1.02. The molecule has 0 aromatic carbocycles. The number of carbonyl (C=O) groups excluding carboxylic acids is 2. The molecule has 5 aliphatic rings. The van der Waals surface area contributed by atoms with Crippen molar-refractivity contribution in [3.8, 4) is 0 Å². The molecule has 2 amide bonds. The number of ether oxygens (including phenoxy) is 3. The fraction of sp³-hybridized carbons (Fsp3) is 0.943. The lowest BCUT2D eigenvalue weighted by Gasteiger charge is -2.44. The lowest BCUT2D eigenvalue weighted by atomic mass is 9.74. The van der Waals surface area contributed by atoms with Gasteiger partial charge >= 0.3 is 0 Å². The van der Waals surface area contributed by atoms with E-state index in [0.29, 0.717) is 56.5 Å². The number of fused-ring (bicyclic) bond motifs is 1. The third kappa shape index (κ3) is 10.8. The van der Waals surface area contributed by atoms with Crippen LogP contribution in [0.5, 0.6) is 0 Å². The standard InChI is InChI=1S/C35H64N6O6/c1-24-34(47-23-37-24)22-46-33-6-5-27-20-40(10-7-26(27)17-33)21-32(43)19-36-35(44)28-15-30(18-31(16-28)39(3)13-14-45-4)38-29-8-11-41(12-9-29)25(2)42/h24,26-34,37-38,43H,5-23H2,1-4H3,(H,36,44)/t24?,26?,27?,28?,30?,31?,32-,33?,34?/m1/s1. The van der Waals surface area contributed by atoms with Crippen LogP contribution < -0.4 is 16.0 Å². The first-order valence-electron chi connectivity index (χ1n) is 18.5. The molecule has 3 heterocycles. The molecular formula is C35H64N6O6. The van der Waals surface area contributed by atoms with Crippen LogP contribution in [0.25, 0.3) is 0 Å². The van der Waals surface area contributed by atoms with Crippen molar-refractivity contribution < 1.29 is 28.9 Å². The van der Waals surface area contributed by atoms with Crippen molar-refractivity contribution in [2.75, 3.05) is 79.9 Å². The Morgan fingerprint density at radius 1 is 1.04 bits per heavy atom. The normalized spacial score (nSPS) is 34.7. The lowest BCUT2D eigenvalue weighted by Crippen LogP contribution is -2.54. The number of rotatable bonds is 14. The van der Waals surface area contributed by atoms with E-state index in [1.54, 1.807) is 14.0 Å². The zero-order valence-corrected chi connectivity index (χ0v) is 29.5. The Hall–Kier alpha value is -1.38. The molecule has 270 valence electrons. The van der Waals surface area contributed by atoms with Crippen LogP contribution in [0.3, 0.4) is 0 Å². The second kappa shape index (κ2) is 18.0. The van der Waals surface area contributed by atoms with E-state index in [1.807, 2.05) is 4.90 Å². The second-order valence-electron chi connectivity index (χ2n) is 15.3. The van der Waals surface area contributed by atoms with Crippen molar-refractivity contribution in [3.63, 3.8) is 0 Å². The van der Waals surface area contributed by atoms with Crippen LogP contribution >= 0.6 is 0 Å². The Morgan fingerprint density at radius 3 is 2.57 bits per heavy atom. The molecule has 2 aliphatic carbocycles. The maximum atomic E-state index is 13.5. The van der Waals surface area contributed by atoms with Crippen molar-refractivity contribution in [2.24, 2.45) is 17.8 Å². The first-order chi connectivity index (χ1) is 22.7. The average molecular weight is 665 g/mol. The molecule has 4 N–H and O–H groups in total. The van der Waals surface area contributed by atoms with Gasteiger partial charge in [-0.15, -0.1) is 0 Å². The number of nitrogens with zero attached hydrogens (tertiary/aromatic N) is 3. The van der Waals surface area contributed by atoms with E-state index in [0.717, 1.165) is 84.1 Å². The molecule has 2 saturated carbocycles. The molecule has 47 heavy (non-hydrogen) atoms. The SMILES string of the molecule is COCCN(C)C1CC(NC2CCN(C(C)=O)CC2)CC(C(=O)NC[C@@H](O)CN2CCC3CC(OCC4OCNC4C)CCC3C2)C1. The summed E-state index contributed by atoms with van der Waals surface area (Å²) in [7, 11) is 3.85. The van der Waals surface area contributed by atoms with Gasteiger partial charge in [0.1, 0.15) is 0 Å². The molecule has 12 heteroatoms. The van der Waals surface area contributed by atoms with E-state index < -0.39 is 6.10 Å². The highest BCUT2D eigenvalue weighted by Gasteiger charge is 2.38. The Bertz CT molecular complexity index is 984. The Labute approximate surface area is 283 Å². The van der Waals surface area contributed by atoms with Crippen LogP contribution in [0, 0.1) is 17.8 Å². The smallest absolute Gasteiger partial charge is 0.223 e. The number of hydrogen-bond acceptors (Lipinski definition) is 10. The Morgan fingerprint density at radius 2 is 1.85 bits per heavy atom. The summed E-state index contributed by atoms with van der Waals surface area (Å²) in [6, 6.07) is 1.24. The summed E-state index contributed by atoms with van der Waals surface area (Å²) in [4.78, 5) is 32.0. The first kappa shape index (κ1) is 36.9. The predicted molar refractivity (Wildman–Crippen MR) is 181 cm³/mol. The van der Waals surface area contributed by atoms with Gasteiger partial charge in [0, 0.05) is 83.4 Å². The van der Waals surface area contributed by atoms with Crippen LogP contribution in [-0.2, 0) is 23.8 Å². The third-order valence-electron chi connectivity index (χ3n) is 11.9. The molecule has 5 rings (SSSR count). The fourth-order valence-corrected chi connectivity index (χ4v) is 8.79. The van der Waals surface area contributed by atoms with Gasteiger partial charge in [0.05, 0.1) is 38.3 Å². The number of carbonyl (C=O) groups is 2. The lowest BCUT2D eigenvalue weighted by molar-refractivity contribution is -0.130. The van der Waals surface area contributed by atoms with Crippen molar-refractivity contribution in [1.82, 2.24) is 30.7 Å². The summed E-state index contributed by atoms with van der Waals surface area (Å²) in [5.41, 5.74) is 0. The molecule has 0 aromatic heterocycles. The highest BCUT2D eigenvalue weighted by Crippen LogP contribution is 2.37. The Kier molecular flexibility index (Phi) is 14.2. The molecular weight excluding hydrogens is 600 g/mol. The van der Waals surface area contributed by atoms with Gasteiger partial charge in [0.15, 0.2) is 0 Å². The van der Waals surface area contributed by atoms with E-state index in [9.17, 15) is 14.7 Å². The number of nitrogens with one attached hydrogen (secondary N) is 3. The number of aliphatic hydroxyl groups is 1. The zero-order valence-electron chi connectivity index (χ0n) is 29.5. The molecule has 5 fully saturated rings. The third-order valence-corrected chi connectivity index (χ3v) is 11.9. The van der Waals surface area contributed by atoms with Gasteiger partial charge < -0.3 is 44.7 Å². The summed E-state index contributed by atoms with van der Waals surface area (Å²) in [6.45, 7) is 11.1. The van der Waals surface area contributed by atoms with Crippen molar-refractivity contribution >= 4 is 11.8 Å². The minimum Gasteiger partial charge on any atom is -0.390 e. The Balaban J connectivity index is 1.04. The number of methoxy groups -OCH3 is 1. The van der Waals surface area contributed by atoms with E-state index in [-0.39, 0.29) is 42.5 Å². The largest absolute Gasteiger partial charge is 0.390 e. The molecule has 12 nitrogen and oxygen atoms in total. The molecule has 9 atom stereocenters. The number of aliphatic hydroxyl groups excluding tert-OH is 1. The topological polar surface area (TPSA) is 128 Å². The van der Waals surface area contributed by atoms with Crippen LogP contribution in [0.1, 0.15) is 71.6 Å². The summed E-state index contributed by atoms with van der Waals surface area (Å²) < 4.78 is 17.4. The number of likely N-dealkylation sites (tertiary alicyclic amines) is 2. The molecule has 3 saturated heterocycles. The molecule has 0 spiro atoms. The number of hydrogen-bond donors (Lipinski definition) is 4. The van der Waals surface area contributed by atoms with E-state index >= 15 is 0 Å². The fourth-order valence-electron chi connectivity index (χ4n) is 8.79. The van der Waals surface area contributed by atoms with E-state index in [2.05, 4.69) is 39.7 Å². The maximum Gasteiger partial charge on any atom is 0.223 e. The van der Waals surface area contributed by atoms with Crippen molar-refractivity contribution in [2.45, 2.75) is 114 Å². The van der Waals surface area contributed by atoms with Crippen molar-refractivity contribution in [3.05, 3.63) is 0 Å². The van der Waals surface area contributed by atoms with Gasteiger partial charge in [0.2, 0.25) is 11.8 Å². The van der Waals surface area contributed by atoms with Gasteiger partial charge in [0.25, 0.3) is 0 Å². The van der Waals surface area contributed by atoms with E-state index in [4.69, 9.17) is 14.2 Å². The summed E-state index contributed by atoms with van der Waals surface area (Å²) >= 11 is 0. The van der Waals surface area contributed by atoms with Crippen LogP contribution in [0.15, 0.2) is 0 Å². The minimum absolute atomic E-state index is 0.0531. The minimum atomic E-state index is -0.582. The molecule has 0 bridgehead atoms. The number of piperidine rings is 2. The maximum absolute atomic E-state index is 13.5. The van der Waals surface area contributed by atoms with Gasteiger partial charge in [-0.3, -0.25) is 14.9 Å². The zero-order chi connectivity index (χ0) is 33.3. The van der Waals surface area contributed by atoms with Crippen LogP contribution in [-0.4, -0.2) is 154 Å². The van der Waals surface area contributed by atoms with Gasteiger partial charge in [-0.1, -0.05) is 0 Å². The molecule has 0 radical (unpaired) electrons. The first-order valence-corrected chi connectivity index (χ1v) is 18.5. The quantitative estimate of drug-likeness (QED) is 0.214. The second-order valence-corrected chi connectivity index (χ2v) is 15.3. The van der Waals surface area contributed by atoms with Gasteiger partial charge in [-0.2, -0.15) is 0 Å². The molecule has 0 aromatic rings. The number of β-amino-alcohol motifs (C(OH)–C–C–N with tert-alkyl or cyclic N) is 1.